The standard InChI is InChI=1S/C18H17N3O2S2/c1-11-8-14(25-18-20-12(2)10-24-18)5-6-15(11)21-17(22)13-4-7-16(23-3)19-9-13/h4-10H,1-3H3,(H,21,22). The quantitative estimate of drug-likeness (QED) is 0.712. The molecule has 0 aliphatic heterocycles. The molecule has 0 saturated heterocycles. The van der Waals surface area contributed by atoms with Crippen molar-refractivity contribution in [3.63, 3.8) is 0 Å². The minimum absolute atomic E-state index is 0.200. The highest BCUT2D eigenvalue weighted by Crippen LogP contribution is 2.32. The number of carbonyl (C=O) groups is 1. The first-order valence-corrected chi connectivity index (χ1v) is 9.27. The molecule has 7 heteroatoms. The molecular weight excluding hydrogens is 354 g/mol. The molecular formula is C18H17N3O2S2. The number of thiazole rings is 1. The van der Waals surface area contributed by atoms with E-state index in [0.29, 0.717) is 11.4 Å². The molecule has 1 N–H and O–H groups in total. The number of pyridine rings is 1. The van der Waals surface area contributed by atoms with Gasteiger partial charge in [-0.25, -0.2) is 9.97 Å². The fraction of sp³-hybridized carbons (Fsp3) is 0.167. The van der Waals surface area contributed by atoms with E-state index in [1.807, 2.05) is 37.4 Å². The SMILES string of the molecule is COc1ccc(C(=O)Nc2ccc(Sc3nc(C)cs3)cc2C)cn1. The summed E-state index contributed by atoms with van der Waals surface area (Å²) in [7, 11) is 1.54. The highest BCUT2D eigenvalue weighted by molar-refractivity contribution is 8.01. The molecule has 3 aromatic rings. The zero-order valence-corrected chi connectivity index (χ0v) is 15.7. The first-order chi connectivity index (χ1) is 12.0. The largest absolute Gasteiger partial charge is 0.481 e. The van der Waals surface area contributed by atoms with Gasteiger partial charge in [-0.15, -0.1) is 11.3 Å². The minimum Gasteiger partial charge on any atom is -0.481 e. The summed E-state index contributed by atoms with van der Waals surface area (Å²) in [6, 6.07) is 9.29. The lowest BCUT2D eigenvalue weighted by Gasteiger charge is -2.10. The second-order valence-electron chi connectivity index (χ2n) is 5.38. The number of benzene rings is 1. The van der Waals surface area contributed by atoms with Gasteiger partial charge in [-0.05, 0) is 43.7 Å². The lowest BCUT2D eigenvalue weighted by Crippen LogP contribution is -2.13. The fourth-order valence-electron chi connectivity index (χ4n) is 2.15. The van der Waals surface area contributed by atoms with E-state index >= 15 is 0 Å². The van der Waals surface area contributed by atoms with Crippen LogP contribution in [0.5, 0.6) is 5.88 Å². The van der Waals surface area contributed by atoms with Gasteiger partial charge in [0, 0.05) is 33.9 Å². The molecule has 2 aromatic heterocycles. The molecule has 1 amide bonds. The number of methoxy groups -OCH3 is 1. The van der Waals surface area contributed by atoms with Crippen LogP contribution in [0, 0.1) is 13.8 Å². The van der Waals surface area contributed by atoms with Crippen LogP contribution in [-0.2, 0) is 0 Å². The van der Waals surface area contributed by atoms with Crippen molar-refractivity contribution in [2.24, 2.45) is 0 Å². The Kier molecular flexibility index (Phi) is 5.35. The van der Waals surface area contributed by atoms with E-state index in [2.05, 4.69) is 15.3 Å². The van der Waals surface area contributed by atoms with Gasteiger partial charge in [0.1, 0.15) is 0 Å². The van der Waals surface area contributed by atoms with Crippen LogP contribution in [0.1, 0.15) is 21.6 Å². The Morgan fingerprint density at radius 2 is 2.08 bits per heavy atom. The molecule has 5 nitrogen and oxygen atoms in total. The summed E-state index contributed by atoms with van der Waals surface area (Å²) < 4.78 is 6.01. The number of hydrogen-bond donors (Lipinski definition) is 1. The average molecular weight is 371 g/mol. The average Bonchev–Trinajstić information content (AvgIpc) is 3.02. The smallest absolute Gasteiger partial charge is 0.257 e. The van der Waals surface area contributed by atoms with E-state index in [0.717, 1.165) is 26.2 Å². The summed E-state index contributed by atoms with van der Waals surface area (Å²) in [5.41, 5.74) is 3.28. The minimum atomic E-state index is -0.200. The van der Waals surface area contributed by atoms with Crippen LogP contribution in [0.2, 0.25) is 0 Å². The van der Waals surface area contributed by atoms with E-state index in [1.165, 1.54) is 13.3 Å². The van der Waals surface area contributed by atoms with Crippen LogP contribution in [0.25, 0.3) is 0 Å². The van der Waals surface area contributed by atoms with Gasteiger partial charge in [0.05, 0.1) is 12.7 Å². The van der Waals surface area contributed by atoms with Gasteiger partial charge in [0.25, 0.3) is 5.91 Å². The van der Waals surface area contributed by atoms with Gasteiger partial charge in [-0.2, -0.15) is 0 Å². The number of amides is 1. The predicted molar refractivity (Wildman–Crippen MR) is 101 cm³/mol. The third kappa shape index (κ3) is 4.37. The number of rotatable bonds is 5. The highest BCUT2D eigenvalue weighted by Gasteiger charge is 2.10. The molecule has 0 aliphatic rings. The van der Waals surface area contributed by atoms with Crippen LogP contribution < -0.4 is 10.1 Å². The van der Waals surface area contributed by atoms with Gasteiger partial charge in [-0.1, -0.05) is 11.8 Å². The number of aryl methyl sites for hydroxylation is 2. The monoisotopic (exact) mass is 371 g/mol. The maximum atomic E-state index is 12.3. The Morgan fingerprint density at radius 1 is 1.24 bits per heavy atom. The van der Waals surface area contributed by atoms with Crippen LogP contribution in [0.4, 0.5) is 5.69 Å². The van der Waals surface area contributed by atoms with Crippen molar-refractivity contribution >= 4 is 34.7 Å². The Morgan fingerprint density at radius 3 is 2.68 bits per heavy atom. The fourth-order valence-corrected chi connectivity index (χ4v) is 4.06. The summed E-state index contributed by atoms with van der Waals surface area (Å²) >= 11 is 3.25. The van der Waals surface area contributed by atoms with E-state index < -0.39 is 0 Å². The van der Waals surface area contributed by atoms with Gasteiger partial charge in [-0.3, -0.25) is 4.79 Å². The number of anilines is 1. The number of ether oxygens (including phenoxy) is 1. The number of carbonyl (C=O) groups excluding carboxylic acids is 1. The lowest BCUT2D eigenvalue weighted by atomic mass is 10.2. The van der Waals surface area contributed by atoms with Crippen molar-refractivity contribution in [2.45, 2.75) is 23.1 Å². The molecule has 0 atom stereocenters. The van der Waals surface area contributed by atoms with Crippen molar-refractivity contribution in [2.75, 3.05) is 12.4 Å². The molecule has 0 unspecified atom stereocenters. The van der Waals surface area contributed by atoms with Gasteiger partial charge in [0.2, 0.25) is 5.88 Å². The second-order valence-corrected chi connectivity index (χ2v) is 7.56. The number of aromatic nitrogens is 2. The van der Waals surface area contributed by atoms with E-state index in [4.69, 9.17) is 4.74 Å². The topological polar surface area (TPSA) is 64.1 Å². The lowest BCUT2D eigenvalue weighted by molar-refractivity contribution is 0.102. The van der Waals surface area contributed by atoms with E-state index in [9.17, 15) is 4.79 Å². The maximum Gasteiger partial charge on any atom is 0.257 e. The van der Waals surface area contributed by atoms with Gasteiger partial charge in [0.15, 0.2) is 4.34 Å². The van der Waals surface area contributed by atoms with Gasteiger partial charge >= 0.3 is 0 Å². The molecule has 0 aliphatic carbocycles. The Balaban J connectivity index is 1.70. The molecule has 0 bridgehead atoms. The Bertz CT molecular complexity index is 892. The van der Waals surface area contributed by atoms with Crippen molar-refractivity contribution in [1.82, 2.24) is 9.97 Å². The Labute approximate surface area is 154 Å². The van der Waals surface area contributed by atoms with Crippen LogP contribution >= 0.6 is 23.1 Å². The molecule has 2 heterocycles. The van der Waals surface area contributed by atoms with Crippen molar-refractivity contribution in [1.29, 1.82) is 0 Å². The highest BCUT2D eigenvalue weighted by atomic mass is 32.2. The number of hydrogen-bond acceptors (Lipinski definition) is 6. The summed E-state index contributed by atoms with van der Waals surface area (Å²) in [5.74, 6) is 0.278. The third-order valence-electron chi connectivity index (χ3n) is 3.46. The second kappa shape index (κ2) is 7.67. The van der Waals surface area contributed by atoms with Crippen LogP contribution in [0.3, 0.4) is 0 Å². The van der Waals surface area contributed by atoms with Crippen molar-refractivity contribution in [3.8, 4) is 5.88 Å². The predicted octanol–water partition coefficient (Wildman–Crippen LogP) is 4.57. The van der Waals surface area contributed by atoms with Crippen molar-refractivity contribution < 1.29 is 9.53 Å². The summed E-state index contributed by atoms with van der Waals surface area (Å²) in [4.78, 5) is 21.9. The molecule has 128 valence electrons. The first kappa shape index (κ1) is 17.4. The number of nitrogens with zero attached hydrogens (tertiary/aromatic N) is 2. The van der Waals surface area contributed by atoms with Crippen molar-refractivity contribution in [3.05, 3.63) is 58.7 Å². The van der Waals surface area contributed by atoms with Crippen LogP contribution in [0.15, 0.2) is 51.1 Å². The summed E-state index contributed by atoms with van der Waals surface area (Å²) in [6.07, 6.45) is 1.50. The molecule has 25 heavy (non-hydrogen) atoms. The van der Waals surface area contributed by atoms with Crippen LogP contribution in [-0.4, -0.2) is 23.0 Å². The number of nitrogens with one attached hydrogen (secondary N) is 1. The zero-order valence-electron chi connectivity index (χ0n) is 14.1. The third-order valence-corrected chi connectivity index (χ3v) is 5.50. The molecule has 1 aromatic carbocycles. The summed E-state index contributed by atoms with van der Waals surface area (Å²) in [6.45, 7) is 3.96. The molecule has 0 saturated carbocycles. The molecule has 0 spiro atoms. The molecule has 3 rings (SSSR count). The zero-order chi connectivity index (χ0) is 17.8. The van der Waals surface area contributed by atoms with E-state index in [1.54, 1.807) is 35.2 Å². The summed E-state index contributed by atoms with van der Waals surface area (Å²) in [5, 5.41) is 4.95. The molecule has 0 fully saturated rings. The first-order valence-electron chi connectivity index (χ1n) is 7.57. The normalized spacial score (nSPS) is 10.5. The van der Waals surface area contributed by atoms with Gasteiger partial charge < -0.3 is 10.1 Å². The van der Waals surface area contributed by atoms with E-state index in [-0.39, 0.29) is 5.91 Å². The molecule has 0 radical (unpaired) electrons. The Hall–Kier alpha value is -2.38. The maximum absolute atomic E-state index is 12.3.